The Morgan fingerprint density at radius 1 is 1.35 bits per heavy atom. The van der Waals surface area contributed by atoms with Crippen LogP contribution in [0.5, 0.6) is 5.75 Å². The van der Waals surface area contributed by atoms with Crippen molar-refractivity contribution >= 4 is 11.8 Å². The molecule has 1 aliphatic heterocycles. The fourth-order valence-corrected chi connectivity index (χ4v) is 2.47. The largest absolute Gasteiger partial charge is 0.482 e. The second-order valence-corrected chi connectivity index (χ2v) is 4.91. The number of ketones is 1. The van der Waals surface area contributed by atoms with Crippen LogP contribution in [-0.4, -0.2) is 24.5 Å². The van der Waals surface area contributed by atoms with Crippen LogP contribution in [0.4, 0.5) is 0 Å². The van der Waals surface area contributed by atoms with Gasteiger partial charge >= 0.3 is 5.97 Å². The van der Waals surface area contributed by atoms with Crippen LogP contribution >= 0.6 is 0 Å². The molecule has 20 heavy (non-hydrogen) atoms. The van der Waals surface area contributed by atoms with E-state index in [2.05, 4.69) is 0 Å². The van der Waals surface area contributed by atoms with Crippen LogP contribution in [0.1, 0.15) is 32.3 Å². The van der Waals surface area contributed by atoms with E-state index >= 15 is 0 Å². The quantitative estimate of drug-likeness (QED) is 0.592. The van der Waals surface area contributed by atoms with E-state index < -0.39 is 18.0 Å². The number of carbonyl (C=O) groups is 2. The summed E-state index contributed by atoms with van der Waals surface area (Å²) in [6.45, 7) is 3.98. The Kier molecular flexibility index (Phi) is 4.77. The average Bonchev–Trinajstić information content (AvgIpc) is 2.88. The molecule has 0 aliphatic carbocycles. The van der Waals surface area contributed by atoms with Crippen molar-refractivity contribution in [1.29, 1.82) is 0 Å². The van der Waals surface area contributed by atoms with E-state index in [4.69, 9.17) is 9.47 Å². The molecule has 1 aliphatic rings. The summed E-state index contributed by atoms with van der Waals surface area (Å²) in [5, 5.41) is 0. The fourth-order valence-electron chi connectivity index (χ4n) is 2.47. The number of esters is 1. The van der Waals surface area contributed by atoms with Gasteiger partial charge in [0, 0.05) is 6.42 Å². The molecule has 1 heterocycles. The van der Waals surface area contributed by atoms with Gasteiger partial charge < -0.3 is 9.47 Å². The molecule has 0 amide bonds. The fraction of sp³-hybridized carbons (Fsp3) is 0.500. The Morgan fingerprint density at radius 2 is 2.10 bits per heavy atom. The molecule has 2 unspecified atom stereocenters. The predicted molar refractivity (Wildman–Crippen MR) is 74.6 cm³/mol. The van der Waals surface area contributed by atoms with Gasteiger partial charge in [0.25, 0.3) is 0 Å². The summed E-state index contributed by atoms with van der Waals surface area (Å²) < 4.78 is 10.7. The van der Waals surface area contributed by atoms with Gasteiger partial charge in [0.05, 0.1) is 6.61 Å². The van der Waals surface area contributed by atoms with E-state index in [9.17, 15) is 9.59 Å². The van der Waals surface area contributed by atoms with Crippen LogP contribution in [0, 0.1) is 5.92 Å². The normalized spacial score (nSPS) is 18.0. The number of hydrogen-bond acceptors (Lipinski definition) is 4. The van der Waals surface area contributed by atoms with Gasteiger partial charge in [-0.25, -0.2) is 0 Å². The van der Waals surface area contributed by atoms with Crippen molar-refractivity contribution in [3.63, 3.8) is 0 Å². The molecule has 0 spiro atoms. The number of ether oxygens (including phenoxy) is 2. The van der Waals surface area contributed by atoms with E-state index in [1.54, 1.807) is 6.92 Å². The molecule has 2 rings (SSSR count). The highest BCUT2D eigenvalue weighted by atomic mass is 16.5. The highest BCUT2D eigenvalue weighted by Gasteiger charge is 2.37. The number of carbonyl (C=O) groups excluding carboxylic acids is 2. The lowest BCUT2D eigenvalue weighted by Gasteiger charge is -2.17. The molecule has 4 nitrogen and oxygen atoms in total. The summed E-state index contributed by atoms with van der Waals surface area (Å²) in [5.41, 5.74) is 1.02. The third-order valence-corrected chi connectivity index (χ3v) is 3.46. The Hall–Kier alpha value is -1.84. The molecule has 108 valence electrons. The number of rotatable bonds is 6. The molecule has 0 saturated carbocycles. The van der Waals surface area contributed by atoms with Gasteiger partial charge in [0.15, 0.2) is 11.9 Å². The molecule has 1 aromatic carbocycles. The molecule has 4 heteroatoms. The van der Waals surface area contributed by atoms with Crippen LogP contribution in [0.25, 0.3) is 0 Å². The van der Waals surface area contributed by atoms with Crippen molar-refractivity contribution in [2.24, 2.45) is 5.92 Å². The monoisotopic (exact) mass is 276 g/mol. The third kappa shape index (κ3) is 3.00. The number of Topliss-reactive ketones (excluding diaryl/α,β-unsaturated/α-hetero) is 1. The second-order valence-electron chi connectivity index (χ2n) is 4.91. The van der Waals surface area contributed by atoms with Crippen LogP contribution in [0.2, 0.25) is 0 Å². The maximum absolute atomic E-state index is 12.5. The molecular weight excluding hydrogens is 256 g/mol. The zero-order valence-corrected chi connectivity index (χ0v) is 11.9. The summed E-state index contributed by atoms with van der Waals surface area (Å²) in [4.78, 5) is 24.4. The first-order valence-electron chi connectivity index (χ1n) is 7.12. The first-order chi connectivity index (χ1) is 9.67. The van der Waals surface area contributed by atoms with E-state index in [0.717, 1.165) is 17.7 Å². The molecule has 0 bridgehead atoms. The first kappa shape index (κ1) is 14.6. The maximum Gasteiger partial charge on any atom is 0.316 e. The van der Waals surface area contributed by atoms with Crippen LogP contribution in [-0.2, 0) is 20.7 Å². The average molecular weight is 276 g/mol. The van der Waals surface area contributed by atoms with Gasteiger partial charge in [0.2, 0.25) is 0 Å². The minimum Gasteiger partial charge on any atom is -0.482 e. The van der Waals surface area contributed by atoms with Crippen molar-refractivity contribution in [3.05, 3.63) is 29.8 Å². The highest BCUT2D eigenvalue weighted by molar-refractivity contribution is 6.01. The van der Waals surface area contributed by atoms with Gasteiger partial charge in [-0.05, 0) is 25.0 Å². The lowest BCUT2D eigenvalue weighted by Crippen LogP contribution is -2.36. The molecule has 0 fully saturated rings. The number of fused-ring (bicyclic) bond motifs is 1. The highest BCUT2D eigenvalue weighted by Crippen LogP contribution is 2.30. The Bertz CT molecular complexity index is 470. The zero-order valence-electron chi connectivity index (χ0n) is 11.9. The molecule has 1 aromatic rings. The lowest BCUT2D eigenvalue weighted by atomic mass is 9.93. The Balaban J connectivity index is 2.08. The van der Waals surface area contributed by atoms with E-state index in [1.807, 2.05) is 31.2 Å². The molecule has 0 N–H and O–H groups in total. The second kappa shape index (κ2) is 6.55. The Morgan fingerprint density at radius 3 is 2.75 bits per heavy atom. The molecule has 0 aromatic heterocycles. The third-order valence-electron chi connectivity index (χ3n) is 3.46. The Labute approximate surface area is 119 Å². The summed E-state index contributed by atoms with van der Waals surface area (Å²) >= 11 is 0. The summed E-state index contributed by atoms with van der Waals surface area (Å²) in [6, 6.07) is 7.59. The van der Waals surface area contributed by atoms with Crippen LogP contribution < -0.4 is 4.74 Å². The summed E-state index contributed by atoms with van der Waals surface area (Å²) in [6.07, 6.45) is 1.24. The maximum atomic E-state index is 12.5. The minimum absolute atomic E-state index is 0.165. The van der Waals surface area contributed by atoms with Crippen molar-refractivity contribution in [1.82, 2.24) is 0 Å². The molecular formula is C16H20O4. The van der Waals surface area contributed by atoms with Gasteiger partial charge in [-0.1, -0.05) is 31.5 Å². The molecule has 0 saturated heterocycles. The smallest absolute Gasteiger partial charge is 0.316 e. The van der Waals surface area contributed by atoms with Crippen molar-refractivity contribution < 1.29 is 19.1 Å². The van der Waals surface area contributed by atoms with Crippen molar-refractivity contribution in [2.45, 2.75) is 39.2 Å². The first-order valence-corrected chi connectivity index (χ1v) is 7.12. The standard InChI is InChI=1S/C16H20O4/c1-3-7-12(16(18)19-4-2)15(17)14-10-11-8-5-6-9-13(11)20-14/h5-6,8-9,12,14H,3-4,7,10H2,1-2H3. The topological polar surface area (TPSA) is 52.6 Å². The van der Waals surface area contributed by atoms with E-state index in [0.29, 0.717) is 12.8 Å². The molecule has 2 atom stereocenters. The van der Waals surface area contributed by atoms with Crippen molar-refractivity contribution in [2.75, 3.05) is 6.61 Å². The van der Waals surface area contributed by atoms with Gasteiger partial charge in [-0.2, -0.15) is 0 Å². The molecule has 0 radical (unpaired) electrons. The van der Waals surface area contributed by atoms with Gasteiger partial charge in [-0.3, -0.25) is 9.59 Å². The predicted octanol–water partition coefficient (Wildman–Crippen LogP) is 2.54. The SMILES string of the molecule is CCCC(C(=O)OCC)C(=O)C1Cc2ccccc2O1. The number of hydrogen-bond donors (Lipinski definition) is 0. The van der Waals surface area contributed by atoms with Crippen LogP contribution in [0.3, 0.4) is 0 Å². The van der Waals surface area contributed by atoms with Crippen LogP contribution in [0.15, 0.2) is 24.3 Å². The summed E-state index contributed by atoms with van der Waals surface area (Å²) in [7, 11) is 0. The lowest BCUT2D eigenvalue weighted by molar-refractivity contribution is -0.153. The van der Waals surface area contributed by atoms with E-state index in [-0.39, 0.29) is 12.4 Å². The summed E-state index contributed by atoms with van der Waals surface area (Å²) in [5.74, 6) is -0.565. The zero-order chi connectivity index (χ0) is 14.5. The number of benzene rings is 1. The van der Waals surface area contributed by atoms with Gasteiger partial charge in [-0.15, -0.1) is 0 Å². The van der Waals surface area contributed by atoms with E-state index in [1.165, 1.54) is 0 Å². The number of para-hydroxylation sites is 1. The van der Waals surface area contributed by atoms with Gasteiger partial charge in [0.1, 0.15) is 11.7 Å². The minimum atomic E-state index is -0.709. The van der Waals surface area contributed by atoms with Crippen molar-refractivity contribution in [3.8, 4) is 5.75 Å².